The van der Waals surface area contributed by atoms with E-state index in [9.17, 15) is 4.79 Å². The van der Waals surface area contributed by atoms with Crippen LogP contribution >= 0.6 is 15.9 Å². The number of hydrazone groups is 1. The van der Waals surface area contributed by atoms with Crippen LogP contribution < -0.4 is 14.9 Å². The van der Waals surface area contributed by atoms with Gasteiger partial charge in [-0.3, -0.25) is 4.79 Å². The highest BCUT2D eigenvalue weighted by Gasteiger charge is 2.05. The van der Waals surface area contributed by atoms with Crippen LogP contribution in [0.25, 0.3) is 0 Å². The Morgan fingerprint density at radius 1 is 1.23 bits per heavy atom. The molecule has 0 saturated carbocycles. The molecule has 1 N–H and O–H groups in total. The monoisotopic (exact) mass is 418 g/mol. The molecule has 0 aliphatic carbocycles. The zero-order chi connectivity index (χ0) is 18.9. The van der Waals surface area contributed by atoms with Crippen LogP contribution in [0.5, 0.6) is 11.5 Å². The second kappa shape index (κ2) is 9.97. The van der Waals surface area contributed by atoms with Gasteiger partial charge in [0.15, 0.2) is 6.61 Å². The Morgan fingerprint density at radius 2 is 2.04 bits per heavy atom. The summed E-state index contributed by atoms with van der Waals surface area (Å²) in [7, 11) is 0. The lowest BCUT2D eigenvalue weighted by atomic mass is 10.0. The van der Waals surface area contributed by atoms with E-state index in [-0.39, 0.29) is 12.5 Å². The molecule has 1 amide bonds. The van der Waals surface area contributed by atoms with E-state index in [0.29, 0.717) is 24.0 Å². The molecule has 0 aliphatic rings. The number of halogens is 1. The van der Waals surface area contributed by atoms with Crippen LogP contribution in [0.3, 0.4) is 0 Å². The molecule has 0 heterocycles. The number of nitrogens with zero attached hydrogens (tertiary/aromatic N) is 1. The van der Waals surface area contributed by atoms with E-state index in [4.69, 9.17) is 9.47 Å². The molecule has 0 unspecified atom stereocenters. The number of benzene rings is 2. The molecular weight excluding hydrogens is 396 g/mol. The number of amides is 1. The standard InChI is InChI=1S/C20H23BrN2O3/c1-4-25-19-9-8-17(21)10-16(19)12-22-23-20(24)13-26-18-7-5-6-15(11-18)14(2)3/h5-12,14H,4,13H2,1-3H3,(H,23,24)/b22-12+. The summed E-state index contributed by atoms with van der Waals surface area (Å²) >= 11 is 3.41. The van der Waals surface area contributed by atoms with Gasteiger partial charge in [0.2, 0.25) is 0 Å². The lowest BCUT2D eigenvalue weighted by Gasteiger charge is -2.09. The summed E-state index contributed by atoms with van der Waals surface area (Å²) in [5.41, 5.74) is 4.40. The molecule has 6 heteroatoms. The molecule has 2 rings (SSSR count). The van der Waals surface area contributed by atoms with Gasteiger partial charge < -0.3 is 9.47 Å². The maximum atomic E-state index is 11.9. The normalized spacial score (nSPS) is 11.0. The second-order valence-electron chi connectivity index (χ2n) is 5.92. The first-order chi connectivity index (χ1) is 12.5. The van der Waals surface area contributed by atoms with Crippen LogP contribution in [-0.4, -0.2) is 25.3 Å². The van der Waals surface area contributed by atoms with Gasteiger partial charge in [-0.15, -0.1) is 0 Å². The van der Waals surface area contributed by atoms with Crippen molar-refractivity contribution in [3.8, 4) is 11.5 Å². The van der Waals surface area contributed by atoms with Gasteiger partial charge >= 0.3 is 0 Å². The molecule has 0 bridgehead atoms. The Hall–Kier alpha value is -2.34. The Labute approximate surface area is 162 Å². The smallest absolute Gasteiger partial charge is 0.277 e. The molecule has 0 saturated heterocycles. The first-order valence-electron chi connectivity index (χ1n) is 8.46. The summed E-state index contributed by atoms with van der Waals surface area (Å²) in [4.78, 5) is 11.9. The topological polar surface area (TPSA) is 59.9 Å². The number of ether oxygens (including phenoxy) is 2. The first-order valence-corrected chi connectivity index (χ1v) is 9.26. The van der Waals surface area contributed by atoms with Crippen LogP contribution in [0, 0.1) is 0 Å². The Bertz CT molecular complexity index is 775. The van der Waals surface area contributed by atoms with Gasteiger partial charge in [-0.1, -0.05) is 41.9 Å². The highest BCUT2D eigenvalue weighted by atomic mass is 79.9. The molecule has 138 valence electrons. The third kappa shape index (κ3) is 6.19. The van der Waals surface area contributed by atoms with Gasteiger partial charge in [0.25, 0.3) is 5.91 Å². The minimum Gasteiger partial charge on any atom is -0.493 e. The van der Waals surface area contributed by atoms with Crippen LogP contribution in [0.4, 0.5) is 0 Å². The molecule has 2 aromatic carbocycles. The van der Waals surface area contributed by atoms with Crippen LogP contribution in [-0.2, 0) is 4.79 Å². The molecule has 0 atom stereocenters. The Balaban J connectivity index is 1.90. The molecule has 26 heavy (non-hydrogen) atoms. The van der Waals surface area contributed by atoms with Crippen molar-refractivity contribution in [3.05, 3.63) is 58.1 Å². The average Bonchev–Trinajstić information content (AvgIpc) is 2.62. The highest BCUT2D eigenvalue weighted by molar-refractivity contribution is 9.10. The van der Waals surface area contributed by atoms with Crippen molar-refractivity contribution < 1.29 is 14.3 Å². The van der Waals surface area contributed by atoms with Crippen LogP contribution in [0.2, 0.25) is 0 Å². The third-order valence-corrected chi connectivity index (χ3v) is 4.05. The van der Waals surface area contributed by atoms with Crippen LogP contribution in [0.15, 0.2) is 52.0 Å². The zero-order valence-corrected chi connectivity index (χ0v) is 16.7. The number of rotatable bonds is 8. The van der Waals surface area contributed by atoms with E-state index in [1.165, 1.54) is 5.56 Å². The maximum absolute atomic E-state index is 11.9. The fourth-order valence-corrected chi connectivity index (χ4v) is 2.60. The molecule has 0 aromatic heterocycles. The number of nitrogens with one attached hydrogen (secondary N) is 1. The summed E-state index contributed by atoms with van der Waals surface area (Å²) in [6.45, 7) is 6.59. The molecule has 5 nitrogen and oxygen atoms in total. The van der Waals surface area contributed by atoms with Crippen molar-refractivity contribution in [1.29, 1.82) is 0 Å². The molecule has 0 radical (unpaired) electrons. The van der Waals surface area contributed by atoms with Gasteiger partial charge in [0.1, 0.15) is 11.5 Å². The predicted molar refractivity (Wildman–Crippen MR) is 107 cm³/mol. The summed E-state index contributed by atoms with van der Waals surface area (Å²) in [6, 6.07) is 13.3. The summed E-state index contributed by atoms with van der Waals surface area (Å²) < 4.78 is 12.0. The maximum Gasteiger partial charge on any atom is 0.277 e. The largest absolute Gasteiger partial charge is 0.493 e. The average molecular weight is 419 g/mol. The van der Waals surface area contributed by atoms with E-state index in [2.05, 4.69) is 40.3 Å². The van der Waals surface area contributed by atoms with Gasteiger partial charge in [-0.2, -0.15) is 5.10 Å². The molecule has 0 fully saturated rings. The molecule has 0 spiro atoms. The Kier molecular flexibility index (Phi) is 7.66. The number of carbonyl (C=O) groups is 1. The van der Waals surface area contributed by atoms with Crippen molar-refractivity contribution in [1.82, 2.24) is 5.43 Å². The second-order valence-corrected chi connectivity index (χ2v) is 6.84. The van der Waals surface area contributed by atoms with E-state index >= 15 is 0 Å². The van der Waals surface area contributed by atoms with E-state index < -0.39 is 0 Å². The summed E-state index contributed by atoms with van der Waals surface area (Å²) in [6.07, 6.45) is 1.55. The van der Waals surface area contributed by atoms with Crippen molar-refractivity contribution in [3.63, 3.8) is 0 Å². The SMILES string of the molecule is CCOc1ccc(Br)cc1/C=N/NC(=O)COc1cccc(C(C)C)c1. The fraction of sp³-hybridized carbons (Fsp3) is 0.300. The first kappa shape index (κ1) is 20.0. The zero-order valence-electron chi connectivity index (χ0n) is 15.2. The minimum absolute atomic E-state index is 0.101. The lowest BCUT2D eigenvalue weighted by Crippen LogP contribution is -2.24. The summed E-state index contributed by atoms with van der Waals surface area (Å²) in [5, 5.41) is 3.98. The van der Waals surface area contributed by atoms with Gasteiger partial charge in [0.05, 0.1) is 12.8 Å². The van der Waals surface area contributed by atoms with Gasteiger partial charge in [-0.05, 0) is 48.7 Å². The Morgan fingerprint density at radius 3 is 2.77 bits per heavy atom. The van der Waals surface area contributed by atoms with Crippen molar-refractivity contribution in [2.45, 2.75) is 26.7 Å². The molecular formula is C20H23BrN2O3. The van der Waals surface area contributed by atoms with E-state index in [0.717, 1.165) is 10.0 Å². The van der Waals surface area contributed by atoms with Crippen LogP contribution in [0.1, 0.15) is 37.8 Å². The van der Waals surface area contributed by atoms with Crippen molar-refractivity contribution >= 4 is 28.1 Å². The van der Waals surface area contributed by atoms with Gasteiger partial charge in [-0.25, -0.2) is 5.43 Å². The van der Waals surface area contributed by atoms with E-state index in [1.54, 1.807) is 6.21 Å². The summed E-state index contributed by atoms with van der Waals surface area (Å²) in [5.74, 6) is 1.45. The van der Waals surface area contributed by atoms with E-state index in [1.807, 2.05) is 49.4 Å². The quantitative estimate of drug-likeness (QED) is 0.506. The van der Waals surface area contributed by atoms with Crippen molar-refractivity contribution in [2.24, 2.45) is 5.10 Å². The number of hydrogen-bond acceptors (Lipinski definition) is 4. The fourth-order valence-electron chi connectivity index (χ4n) is 2.23. The minimum atomic E-state index is -0.329. The number of hydrogen-bond donors (Lipinski definition) is 1. The molecule has 2 aromatic rings. The predicted octanol–water partition coefficient (Wildman–Crippen LogP) is 4.50. The van der Waals surface area contributed by atoms with Crippen molar-refractivity contribution in [2.75, 3.05) is 13.2 Å². The molecule has 0 aliphatic heterocycles. The van der Waals surface area contributed by atoms with Gasteiger partial charge in [0, 0.05) is 10.0 Å². The highest BCUT2D eigenvalue weighted by Crippen LogP contribution is 2.22. The number of carbonyl (C=O) groups excluding carboxylic acids is 1. The third-order valence-electron chi connectivity index (χ3n) is 3.56. The lowest BCUT2D eigenvalue weighted by molar-refractivity contribution is -0.123.